The molecular weight excluding hydrogens is 1270 g/mol. The zero-order chi connectivity index (χ0) is 69.5. The van der Waals surface area contributed by atoms with E-state index >= 15 is 0 Å². The number of aromatic nitrogens is 1. The fraction of sp³-hybridized carbons (Fsp3) is 0.0400. The lowest BCUT2D eigenvalue weighted by Gasteiger charge is -2.40. The molecule has 2 aliphatic carbocycles. The highest BCUT2D eigenvalue weighted by molar-refractivity contribution is 6.13. The first-order chi connectivity index (χ1) is 52.0. The second-order valence-corrected chi connectivity index (χ2v) is 28.1. The summed E-state index contributed by atoms with van der Waals surface area (Å²) in [6.07, 6.45) is 5.63. The van der Waals surface area contributed by atoms with Gasteiger partial charge in [0.2, 0.25) is 0 Å². The molecular formula is C100H71N5. The average molecular weight is 1340 g/mol. The molecule has 2 unspecified atom stereocenters. The van der Waals surface area contributed by atoms with Crippen LogP contribution in [0.2, 0.25) is 0 Å². The van der Waals surface area contributed by atoms with Crippen molar-refractivity contribution in [3.05, 3.63) is 422 Å². The van der Waals surface area contributed by atoms with E-state index in [0.29, 0.717) is 5.92 Å². The monoisotopic (exact) mass is 1340 g/mol. The molecule has 5 heteroatoms. The van der Waals surface area contributed by atoms with Gasteiger partial charge in [0.1, 0.15) is 0 Å². The largest absolute Gasteiger partial charge is 0.311 e. The molecule has 20 rings (SSSR count). The third-order valence-electron chi connectivity index (χ3n) is 22.0. The van der Waals surface area contributed by atoms with E-state index in [1.807, 2.05) is 0 Å². The summed E-state index contributed by atoms with van der Waals surface area (Å²) in [7, 11) is 0. The summed E-state index contributed by atoms with van der Waals surface area (Å²) >= 11 is 0. The Morgan fingerprint density at radius 2 is 0.676 bits per heavy atom. The Kier molecular flexibility index (Phi) is 14.8. The molecule has 0 fully saturated rings. The molecule has 2 heterocycles. The first kappa shape index (κ1) is 61.4. The van der Waals surface area contributed by atoms with Crippen molar-refractivity contribution in [1.29, 1.82) is 0 Å². The summed E-state index contributed by atoms with van der Waals surface area (Å²) < 4.78 is 2.54. The molecule has 2 atom stereocenters. The van der Waals surface area contributed by atoms with Crippen molar-refractivity contribution in [2.45, 2.75) is 18.8 Å². The number of nitrogens with zero attached hydrogens (tertiary/aromatic N) is 5. The molecule has 0 bridgehead atoms. The number of rotatable bonds is 14. The third-order valence-corrected chi connectivity index (χ3v) is 22.0. The van der Waals surface area contributed by atoms with Gasteiger partial charge in [0.25, 0.3) is 0 Å². The summed E-state index contributed by atoms with van der Waals surface area (Å²) in [5.74, 6) is 0.468. The van der Waals surface area contributed by atoms with Crippen molar-refractivity contribution < 1.29 is 0 Å². The minimum absolute atomic E-state index is 0.468. The van der Waals surface area contributed by atoms with Crippen molar-refractivity contribution in [2.75, 3.05) is 19.6 Å². The maximum absolute atomic E-state index is 2.54. The van der Waals surface area contributed by atoms with E-state index in [9.17, 15) is 0 Å². The minimum Gasteiger partial charge on any atom is -0.311 e. The van der Waals surface area contributed by atoms with Crippen LogP contribution < -0.4 is 19.6 Å². The minimum atomic E-state index is -0.689. The van der Waals surface area contributed by atoms with E-state index in [1.165, 1.54) is 88.3 Å². The maximum atomic E-state index is 2.54. The normalized spacial score (nSPS) is 14.4. The van der Waals surface area contributed by atoms with E-state index in [2.05, 4.69) is 425 Å². The quantitative estimate of drug-likeness (QED) is 0.108. The van der Waals surface area contributed by atoms with Gasteiger partial charge in [-0.25, -0.2) is 0 Å². The predicted molar refractivity (Wildman–Crippen MR) is 441 cm³/mol. The highest BCUT2D eigenvalue weighted by Gasteiger charge is 2.51. The summed E-state index contributed by atoms with van der Waals surface area (Å²) in [6.45, 7) is 2.31. The van der Waals surface area contributed by atoms with Crippen LogP contribution in [-0.2, 0) is 11.8 Å². The van der Waals surface area contributed by atoms with E-state index < -0.39 is 5.41 Å². The molecule has 1 spiro atoms. The van der Waals surface area contributed by atoms with E-state index in [-0.39, 0.29) is 0 Å². The number of benzene rings is 16. The van der Waals surface area contributed by atoms with Crippen molar-refractivity contribution in [2.24, 2.45) is 5.92 Å². The Bertz CT molecular complexity index is 6110. The Hall–Kier alpha value is -13.5. The van der Waals surface area contributed by atoms with E-state index in [0.717, 1.165) is 91.4 Å². The topological polar surface area (TPSA) is 17.9 Å². The van der Waals surface area contributed by atoms with Gasteiger partial charge in [0.15, 0.2) is 0 Å². The second-order valence-electron chi connectivity index (χ2n) is 28.1. The van der Waals surface area contributed by atoms with Crippen LogP contribution in [0.25, 0.3) is 77.7 Å². The molecule has 0 saturated heterocycles. The number of allylic oxidation sites excluding steroid dienone is 1. The first-order valence-corrected chi connectivity index (χ1v) is 36.5. The van der Waals surface area contributed by atoms with Gasteiger partial charge in [0.05, 0.1) is 22.1 Å². The molecule has 105 heavy (non-hydrogen) atoms. The SMILES string of the molecule is CC1C=Cc2ccc(N(c3ccc(-c4ccc5c(c4)C4(c6cc(-c7ccc(N(c8ccc(N(c9ccccc9)c9ccccc9)cc8)c8ccc9ccccc9c8)cc7)ccc6-5)c5ccccc5-n5c6ccccc6c6cccc4c65)cc3)c3ccc(N(c4ccccc4)c4ccccc4)cc3)cc2C1. The van der Waals surface area contributed by atoms with Crippen LogP contribution in [0, 0.1) is 5.92 Å². The third kappa shape index (κ3) is 10.3. The number of para-hydroxylation sites is 7. The fourth-order valence-corrected chi connectivity index (χ4v) is 17.2. The van der Waals surface area contributed by atoms with Crippen LogP contribution in [0.5, 0.6) is 0 Å². The Balaban J connectivity index is 0.703. The van der Waals surface area contributed by atoms with Gasteiger partial charge in [-0.1, -0.05) is 231 Å². The van der Waals surface area contributed by atoms with Gasteiger partial charge in [0, 0.05) is 79.0 Å². The molecule has 1 aromatic heterocycles. The summed E-state index contributed by atoms with van der Waals surface area (Å²) in [5, 5.41) is 4.91. The summed E-state index contributed by atoms with van der Waals surface area (Å²) in [5.41, 5.74) is 31.0. The van der Waals surface area contributed by atoms with Crippen LogP contribution in [-0.4, -0.2) is 4.57 Å². The van der Waals surface area contributed by atoms with Crippen molar-refractivity contribution in [3.63, 3.8) is 0 Å². The lowest BCUT2D eigenvalue weighted by Crippen LogP contribution is -2.33. The molecule has 3 aliphatic rings. The van der Waals surface area contributed by atoms with Crippen LogP contribution in [0.1, 0.15) is 40.3 Å². The van der Waals surface area contributed by atoms with Gasteiger partial charge in [-0.05, 0) is 260 Å². The zero-order valence-electron chi connectivity index (χ0n) is 58.0. The summed E-state index contributed by atoms with van der Waals surface area (Å²) in [6, 6.07) is 141. The molecule has 16 aromatic carbocycles. The van der Waals surface area contributed by atoms with Gasteiger partial charge in [-0.15, -0.1) is 0 Å². The molecule has 0 N–H and O–H groups in total. The van der Waals surface area contributed by atoms with Crippen LogP contribution in [0.3, 0.4) is 0 Å². The lowest BCUT2D eigenvalue weighted by molar-refractivity contribution is 0.717. The highest BCUT2D eigenvalue weighted by Crippen LogP contribution is 2.62. The van der Waals surface area contributed by atoms with Crippen LogP contribution in [0.4, 0.5) is 68.2 Å². The lowest BCUT2D eigenvalue weighted by atomic mass is 9.65. The fourth-order valence-electron chi connectivity index (χ4n) is 17.2. The van der Waals surface area contributed by atoms with Gasteiger partial charge in [-0.3, -0.25) is 0 Å². The van der Waals surface area contributed by atoms with Gasteiger partial charge < -0.3 is 24.2 Å². The molecule has 1 aliphatic heterocycles. The van der Waals surface area contributed by atoms with Crippen molar-refractivity contribution in [3.8, 4) is 39.1 Å². The Morgan fingerprint density at radius 1 is 0.286 bits per heavy atom. The van der Waals surface area contributed by atoms with Crippen molar-refractivity contribution in [1.82, 2.24) is 4.57 Å². The van der Waals surface area contributed by atoms with Crippen LogP contribution in [0.15, 0.2) is 388 Å². The molecule has 0 saturated carbocycles. The molecule has 0 amide bonds. The Morgan fingerprint density at radius 3 is 1.21 bits per heavy atom. The van der Waals surface area contributed by atoms with Crippen LogP contribution >= 0.6 is 0 Å². The molecule has 17 aromatic rings. The highest BCUT2D eigenvalue weighted by atomic mass is 15.2. The van der Waals surface area contributed by atoms with Crippen molar-refractivity contribution >= 4 is 107 Å². The molecule has 5 nitrogen and oxygen atoms in total. The molecule has 0 radical (unpaired) electrons. The zero-order valence-corrected chi connectivity index (χ0v) is 58.0. The smallest absolute Gasteiger partial charge is 0.0754 e. The first-order valence-electron chi connectivity index (χ1n) is 36.5. The number of fused-ring (bicyclic) bond motifs is 14. The van der Waals surface area contributed by atoms with E-state index in [1.54, 1.807) is 0 Å². The average Bonchev–Trinajstić information content (AvgIpc) is 1.51. The summed E-state index contributed by atoms with van der Waals surface area (Å²) in [4.78, 5) is 9.46. The second kappa shape index (κ2) is 25.2. The van der Waals surface area contributed by atoms with Gasteiger partial charge >= 0.3 is 0 Å². The molecule has 496 valence electrons. The maximum Gasteiger partial charge on any atom is 0.0754 e. The van der Waals surface area contributed by atoms with Gasteiger partial charge in [-0.2, -0.15) is 0 Å². The number of hydrogen-bond acceptors (Lipinski definition) is 4. The Labute approximate surface area is 612 Å². The van der Waals surface area contributed by atoms with E-state index in [4.69, 9.17) is 0 Å². The number of anilines is 12. The number of hydrogen-bond donors (Lipinski definition) is 0. The predicted octanol–water partition coefficient (Wildman–Crippen LogP) is 27.0. The standard InChI is InChI=1S/C100H71N5/c1-68-37-38-72-44-52-88(65-76(72)63-68)104(86-59-55-84(56-60-86)102(79-27-10-4-11-28-79)80-29-12-5-13-30-80)82-49-41-71(42-50-82)75-46-62-90-89-61-45-74(66-95(89)100(96(90)67-75)93-33-17-19-36-98(93)105-97-35-18-16-31-91(97)92-32-20-34-94(100)99(92)105)70-39-47-81(48-40-70)103(87-51-43-69-21-14-15-22-73(69)64-87)85-57-53-83(54-58-85)101(77-23-6-2-7-24-77)78-25-8-3-9-26-78/h2-62,64-68H,63H2,1H3.